The van der Waals surface area contributed by atoms with Gasteiger partial charge in [-0.15, -0.1) is 0 Å². The minimum atomic E-state index is -1.26. The number of hydrogen-bond acceptors (Lipinski definition) is 11. The first-order valence-electron chi connectivity index (χ1n) is 24.6. The Morgan fingerprint density at radius 1 is 0.908 bits per heavy atom. The van der Waals surface area contributed by atoms with E-state index in [0.29, 0.717) is 68.4 Å². The van der Waals surface area contributed by atoms with Crippen LogP contribution in [0.4, 0.5) is 4.79 Å². The van der Waals surface area contributed by atoms with Gasteiger partial charge in [0.2, 0.25) is 0 Å². The van der Waals surface area contributed by atoms with Gasteiger partial charge in [-0.1, -0.05) is 91.3 Å². The van der Waals surface area contributed by atoms with Crippen molar-refractivity contribution < 1.29 is 58.1 Å². The zero-order chi connectivity index (χ0) is 47.6. The van der Waals surface area contributed by atoms with Crippen LogP contribution in [0, 0.1) is 41.4 Å². The number of benzene rings is 1. The molecule has 13 nitrogen and oxygen atoms in total. The van der Waals surface area contributed by atoms with Crippen LogP contribution in [0.5, 0.6) is 0 Å². The van der Waals surface area contributed by atoms with Gasteiger partial charge in [0.25, 0.3) is 0 Å². The van der Waals surface area contributed by atoms with E-state index in [1.165, 1.54) is 0 Å². The van der Waals surface area contributed by atoms with Gasteiger partial charge >= 0.3 is 12.1 Å². The number of amides is 1. The number of rotatable bonds is 16. The number of carbonyl (C=O) groups excluding carboxylic acids is 2. The van der Waals surface area contributed by atoms with Crippen LogP contribution in [0.1, 0.15) is 139 Å². The maximum absolute atomic E-state index is 14.7. The molecule has 5 heterocycles. The third-order valence-corrected chi connectivity index (χ3v) is 16.7. The van der Waals surface area contributed by atoms with E-state index in [-0.39, 0.29) is 42.4 Å². The highest BCUT2D eigenvalue weighted by Gasteiger charge is 2.57. The molecule has 2 unspecified atom stereocenters. The number of alkyl carbamates (subject to hydrolysis) is 1. The standard InChI is InChI=1S/C51H78ClNO12/c1-11-35(47(56)57)39-19-18-28(4)44(62-39)32(8)42(54)31(7)43(55)36(12-2)45-29(5)26-30(6)51(64-45)25-20-38(53-48(58)60-27-34-16-14-15-17-37(34)52)46(65-51)40-21-23-49(10,63-40)41-22-24-50(59,13-3)33(9)61-41/h14-17,20,25,28-33,35-36,38-42,44-46,54,59H,11-13,18-19,21-24,26-27H2,1-10H3,(H,53,58)(H,56,57)/t28-,29-,30+,31-,32-,33-,35+,36-,38+,39+,40?,41+,42+,44+,45-,46?,49-,50+,51-/m0/s1. The van der Waals surface area contributed by atoms with E-state index in [4.69, 9.17) is 40.0 Å². The van der Waals surface area contributed by atoms with Gasteiger partial charge in [-0.05, 0) is 102 Å². The Kier molecular flexibility index (Phi) is 17.0. The Balaban J connectivity index is 1.22. The molecule has 0 radical (unpaired) electrons. The molecule has 4 saturated heterocycles. The first-order valence-corrected chi connectivity index (χ1v) is 25.0. The van der Waals surface area contributed by atoms with Crippen LogP contribution in [0.2, 0.25) is 5.02 Å². The van der Waals surface area contributed by atoms with E-state index in [9.17, 15) is 29.7 Å². The van der Waals surface area contributed by atoms with Gasteiger partial charge in [0.1, 0.15) is 18.5 Å². The lowest BCUT2D eigenvalue weighted by Crippen LogP contribution is -2.62. The quantitative estimate of drug-likeness (QED) is 0.116. The monoisotopic (exact) mass is 932 g/mol. The second kappa shape index (κ2) is 21.3. The summed E-state index contributed by atoms with van der Waals surface area (Å²) >= 11 is 6.36. The topological polar surface area (TPSA) is 179 Å². The summed E-state index contributed by atoms with van der Waals surface area (Å²) in [5, 5.41) is 36.4. The number of carboxylic acid groups (broad SMARTS) is 1. The Labute approximate surface area is 392 Å². The number of ether oxygens (including phenoxy) is 6. The number of halogens is 1. The zero-order valence-corrected chi connectivity index (χ0v) is 41.1. The maximum Gasteiger partial charge on any atom is 0.408 e. The van der Waals surface area contributed by atoms with Crippen LogP contribution in [0.25, 0.3) is 0 Å². The molecule has 0 saturated carbocycles. The van der Waals surface area contributed by atoms with E-state index in [1.54, 1.807) is 19.1 Å². The lowest BCUT2D eigenvalue weighted by atomic mass is 9.72. The third kappa shape index (κ3) is 11.0. The van der Waals surface area contributed by atoms with E-state index >= 15 is 0 Å². The molecule has 366 valence electrons. The fraction of sp³-hybridized carbons (Fsp3) is 0.784. The zero-order valence-electron chi connectivity index (χ0n) is 40.4. The van der Waals surface area contributed by atoms with Crippen LogP contribution in [-0.2, 0) is 44.6 Å². The predicted molar refractivity (Wildman–Crippen MR) is 246 cm³/mol. The molecule has 1 aromatic rings. The molecule has 4 N–H and O–H groups in total. The molecule has 5 aliphatic rings. The third-order valence-electron chi connectivity index (χ3n) is 16.3. The minimum absolute atomic E-state index is 0.0218. The van der Waals surface area contributed by atoms with Crippen molar-refractivity contribution in [3.63, 3.8) is 0 Å². The molecule has 1 aromatic carbocycles. The maximum atomic E-state index is 14.7. The van der Waals surface area contributed by atoms with Crippen molar-refractivity contribution in [2.24, 2.45) is 41.4 Å². The van der Waals surface area contributed by atoms with Gasteiger partial charge in [-0.25, -0.2) is 4.79 Å². The molecular formula is C51H78ClNO12. The number of carboxylic acids is 1. The van der Waals surface area contributed by atoms with Crippen molar-refractivity contribution in [3.8, 4) is 0 Å². The number of ketones is 1. The fourth-order valence-corrected chi connectivity index (χ4v) is 11.9. The molecule has 65 heavy (non-hydrogen) atoms. The Morgan fingerprint density at radius 2 is 1.62 bits per heavy atom. The lowest BCUT2D eigenvalue weighted by molar-refractivity contribution is -0.327. The smallest absolute Gasteiger partial charge is 0.408 e. The number of carbonyl (C=O) groups is 3. The van der Waals surface area contributed by atoms with Gasteiger partial charge in [0, 0.05) is 34.3 Å². The number of aliphatic hydroxyl groups is 2. The normalized spacial score (nSPS) is 39.8. The molecular weight excluding hydrogens is 854 g/mol. The van der Waals surface area contributed by atoms with Crippen LogP contribution in [0.3, 0.4) is 0 Å². The van der Waals surface area contributed by atoms with Crippen molar-refractivity contribution in [2.75, 3.05) is 0 Å². The second-order valence-corrected chi connectivity index (χ2v) is 21.0. The van der Waals surface area contributed by atoms with E-state index < -0.39 is 95.4 Å². The number of nitrogens with one attached hydrogen (secondary N) is 1. The highest BCUT2D eigenvalue weighted by Crippen LogP contribution is 2.49. The average Bonchev–Trinajstić information content (AvgIpc) is 3.69. The summed E-state index contributed by atoms with van der Waals surface area (Å²) in [6.45, 7) is 19.7. The van der Waals surface area contributed by atoms with Gasteiger partial charge in [-0.3, -0.25) is 9.59 Å². The number of hydrogen-bond donors (Lipinski definition) is 4. The number of aliphatic hydroxyl groups excluding tert-OH is 1. The first-order chi connectivity index (χ1) is 30.7. The SMILES string of the molecule is CC[C@@H](C(=O)[C@@H](C)[C@@H](O)[C@H](C)[C@@H]1O[C@@H]([C@@H](CC)C(=O)O)CC[C@@H]1C)[C@H]1O[C@]2(C=C[C@@H](NC(=O)OCc3ccccc3Cl)C(C3CC[C@@](C)([C@H]4CC[C@](O)(CC)[C@H](C)O4)O3)O2)[C@H](C)C[C@@H]1C. The van der Waals surface area contributed by atoms with Crippen LogP contribution in [-0.4, -0.2) is 105 Å². The van der Waals surface area contributed by atoms with E-state index in [0.717, 1.165) is 6.42 Å². The Morgan fingerprint density at radius 3 is 2.26 bits per heavy atom. The summed E-state index contributed by atoms with van der Waals surface area (Å²) in [5.74, 6) is -4.70. The predicted octanol–water partition coefficient (Wildman–Crippen LogP) is 8.82. The van der Waals surface area contributed by atoms with Gasteiger partial charge in [0.15, 0.2) is 5.79 Å². The fourth-order valence-electron chi connectivity index (χ4n) is 11.8. The molecule has 14 heteroatoms. The highest BCUT2D eigenvalue weighted by molar-refractivity contribution is 6.31. The lowest BCUT2D eigenvalue weighted by Gasteiger charge is -2.52. The summed E-state index contributed by atoms with van der Waals surface area (Å²) in [6, 6.07) is 6.53. The van der Waals surface area contributed by atoms with Gasteiger partial charge < -0.3 is 49.1 Å². The first kappa shape index (κ1) is 51.8. The molecule has 1 amide bonds. The van der Waals surface area contributed by atoms with Gasteiger partial charge in [0.05, 0.1) is 65.9 Å². The van der Waals surface area contributed by atoms with Crippen molar-refractivity contribution in [3.05, 3.63) is 47.0 Å². The summed E-state index contributed by atoms with van der Waals surface area (Å²) in [6.07, 6.45) is 5.02. The van der Waals surface area contributed by atoms with Crippen LogP contribution < -0.4 is 5.32 Å². The summed E-state index contributed by atoms with van der Waals surface area (Å²) < 4.78 is 39.9. The van der Waals surface area contributed by atoms with Gasteiger partial charge in [-0.2, -0.15) is 0 Å². The molecule has 0 bridgehead atoms. The molecule has 4 fully saturated rings. The molecule has 5 aliphatic heterocycles. The van der Waals surface area contributed by atoms with Crippen molar-refractivity contribution in [1.29, 1.82) is 0 Å². The summed E-state index contributed by atoms with van der Waals surface area (Å²) in [7, 11) is 0. The van der Waals surface area contributed by atoms with Crippen molar-refractivity contribution in [2.45, 2.75) is 212 Å². The second-order valence-electron chi connectivity index (χ2n) is 20.6. The van der Waals surface area contributed by atoms with Crippen molar-refractivity contribution >= 4 is 29.4 Å². The van der Waals surface area contributed by atoms with Crippen LogP contribution in [0.15, 0.2) is 36.4 Å². The minimum Gasteiger partial charge on any atom is -0.481 e. The Bertz CT molecular complexity index is 1830. The molecule has 19 atom stereocenters. The molecule has 6 rings (SSSR count). The number of aliphatic carboxylic acids is 1. The molecule has 1 spiro atoms. The molecule has 0 aliphatic carbocycles. The average molecular weight is 933 g/mol. The number of Topliss-reactive ketones (excluding diaryl/α,β-unsaturated/α-hetero) is 1. The van der Waals surface area contributed by atoms with E-state index in [2.05, 4.69) is 33.0 Å². The summed E-state index contributed by atoms with van der Waals surface area (Å²) in [4.78, 5) is 40.2. The van der Waals surface area contributed by atoms with E-state index in [1.807, 2.05) is 58.9 Å². The highest BCUT2D eigenvalue weighted by atomic mass is 35.5. The summed E-state index contributed by atoms with van der Waals surface area (Å²) in [5.41, 5.74) is -0.899. The Hall–Kier alpha value is -2.62. The molecule has 0 aromatic heterocycles. The largest absolute Gasteiger partial charge is 0.481 e. The van der Waals surface area contributed by atoms with Crippen LogP contribution >= 0.6 is 11.6 Å². The van der Waals surface area contributed by atoms with Crippen molar-refractivity contribution in [1.82, 2.24) is 5.32 Å².